The quantitative estimate of drug-likeness (QED) is 0.676. The highest BCUT2D eigenvalue weighted by atomic mass is 35.5. The molecular weight excluding hydrogens is 346 g/mol. The van der Waals surface area contributed by atoms with E-state index in [0.717, 1.165) is 16.5 Å². The Morgan fingerprint density at radius 2 is 2.04 bits per heavy atom. The van der Waals surface area contributed by atoms with Crippen molar-refractivity contribution in [1.29, 1.82) is 0 Å². The van der Waals surface area contributed by atoms with Crippen LogP contribution >= 0.6 is 23.4 Å². The standard InChI is InChI=1S/C16H16ClN5OS/c17-12-8-4-3-7-11(12)15-18-13(22-23-15)9-24-16-19-14(20-21-16)10-5-1-2-6-10/h3-4,7-8,10H,1-2,5-6,9H2,(H,19,20,21). The predicted octanol–water partition coefficient (Wildman–Crippen LogP) is 4.46. The SMILES string of the molecule is Clc1ccccc1-c1nc(CSc2n[nH]c(C3CCCC3)n2)no1. The monoisotopic (exact) mass is 361 g/mol. The number of thioether (sulfide) groups is 1. The van der Waals surface area contributed by atoms with E-state index in [-0.39, 0.29) is 0 Å². The van der Waals surface area contributed by atoms with Gasteiger partial charge in [0.25, 0.3) is 5.89 Å². The van der Waals surface area contributed by atoms with Gasteiger partial charge in [-0.25, -0.2) is 4.98 Å². The highest BCUT2D eigenvalue weighted by molar-refractivity contribution is 7.98. The molecule has 1 saturated carbocycles. The maximum atomic E-state index is 6.15. The van der Waals surface area contributed by atoms with Crippen LogP contribution in [0.2, 0.25) is 5.02 Å². The Labute approximate surface area is 148 Å². The first-order valence-corrected chi connectivity index (χ1v) is 9.28. The Morgan fingerprint density at radius 1 is 1.21 bits per heavy atom. The molecule has 124 valence electrons. The molecule has 0 atom stereocenters. The topological polar surface area (TPSA) is 80.5 Å². The molecule has 24 heavy (non-hydrogen) atoms. The first-order valence-electron chi connectivity index (χ1n) is 7.92. The largest absolute Gasteiger partial charge is 0.334 e. The van der Waals surface area contributed by atoms with Crippen LogP contribution in [0.25, 0.3) is 11.5 Å². The van der Waals surface area contributed by atoms with Crippen LogP contribution in [0.5, 0.6) is 0 Å². The Bertz CT molecular complexity index is 827. The summed E-state index contributed by atoms with van der Waals surface area (Å²) in [6, 6.07) is 7.41. The molecule has 1 N–H and O–H groups in total. The molecule has 2 heterocycles. The molecular formula is C16H16ClN5OS. The van der Waals surface area contributed by atoms with Crippen LogP contribution in [-0.4, -0.2) is 25.3 Å². The van der Waals surface area contributed by atoms with Gasteiger partial charge in [0, 0.05) is 5.92 Å². The van der Waals surface area contributed by atoms with Crippen LogP contribution in [0.15, 0.2) is 33.9 Å². The lowest BCUT2D eigenvalue weighted by atomic mass is 10.1. The fourth-order valence-electron chi connectivity index (χ4n) is 2.89. The van der Waals surface area contributed by atoms with Crippen LogP contribution in [-0.2, 0) is 5.75 Å². The molecule has 0 radical (unpaired) electrons. The van der Waals surface area contributed by atoms with Crippen LogP contribution in [0.4, 0.5) is 0 Å². The normalized spacial score (nSPS) is 15.2. The lowest BCUT2D eigenvalue weighted by molar-refractivity contribution is 0.425. The predicted molar refractivity (Wildman–Crippen MR) is 91.9 cm³/mol. The number of hydrogen-bond acceptors (Lipinski definition) is 6. The molecule has 0 spiro atoms. The average Bonchev–Trinajstić information content (AvgIpc) is 3.34. The van der Waals surface area contributed by atoms with E-state index in [1.807, 2.05) is 18.2 Å². The van der Waals surface area contributed by atoms with Gasteiger partial charge >= 0.3 is 0 Å². The van der Waals surface area contributed by atoms with E-state index in [1.165, 1.54) is 37.4 Å². The molecule has 0 amide bonds. The lowest BCUT2D eigenvalue weighted by Crippen LogP contribution is -1.94. The number of aromatic nitrogens is 5. The van der Waals surface area contributed by atoms with Crippen molar-refractivity contribution in [1.82, 2.24) is 25.3 Å². The summed E-state index contributed by atoms with van der Waals surface area (Å²) < 4.78 is 5.30. The first kappa shape index (κ1) is 15.7. The zero-order chi connectivity index (χ0) is 16.4. The molecule has 0 unspecified atom stereocenters. The maximum Gasteiger partial charge on any atom is 0.259 e. The number of halogens is 1. The lowest BCUT2D eigenvalue weighted by Gasteiger charge is -2.01. The van der Waals surface area contributed by atoms with E-state index in [2.05, 4.69) is 25.3 Å². The van der Waals surface area contributed by atoms with Crippen molar-refractivity contribution in [2.24, 2.45) is 0 Å². The third kappa shape index (κ3) is 3.32. The Kier molecular flexibility index (Phi) is 4.53. The second-order valence-corrected chi connectivity index (χ2v) is 7.12. The van der Waals surface area contributed by atoms with Crippen molar-refractivity contribution >= 4 is 23.4 Å². The summed E-state index contributed by atoms with van der Waals surface area (Å²) in [6.07, 6.45) is 4.96. The van der Waals surface area contributed by atoms with Crippen molar-refractivity contribution in [2.45, 2.75) is 42.5 Å². The zero-order valence-corrected chi connectivity index (χ0v) is 14.5. The number of H-pyrrole nitrogens is 1. The number of hydrogen-bond donors (Lipinski definition) is 1. The van der Waals surface area contributed by atoms with Crippen molar-refractivity contribution in [3.63, 3.8) is 0 Å². The Morgan fingerprint density at radius 3 is 2.88 bits per heavy atom. The van der Waals surface area contributed by atoms with Crippen LogP contribution < -0.4 is 0 Å². The van der Waals surface area contributed by atoms with E-state index in [0.29, 0.717) is 28.4 Å². The van der Waals surface area contributed by atoms with E-state index >= 15 is 0 Å². The van der Waals surface area contributed by atoms with Gasteiger partial charge in [-0.2, -0.15) is 4.98 Å². The Balaban J connectivity index is 1.41. The molecule has 4 rings (SSSR count). The molecule has 1 aliphatic rings. The molecule has 3 aromatic rings. The number of rotatable bonds is 5. The van der Waals surface area contributed by atoms with Crippen LogP contribution in [0.1, 0.15) is 43.3 Å². The van der Waals surface area contributed by atoms with Gasteiger partial charge in [0.05, 0.1) is 16.3 Å². The summed E-state index contributed by atoms with van der Waals surface area (Å²) in [4.78, 5) is 8.97. The molecule has 1 aromatic carbocycles. The summed E-state index contributed by atoms with van der Waals surface area (Å²) in [6.45, 7) is 0. The van der Waals surface area contributed by atoms with E-state index in [4.69, 9.17) is 16.1 Å². The minimum atomic E-state index is 0.429. The van der Waals surface area contributed by atoms with Gasteiger partial charge in [-0.05, 0) is 25.0 Å². The molecule has 8 heteroatoms. The van der Waals surface area contributed by atoms with Gasteiger partial charge in [-0.3, -0.25) is 5.10 Å². The van der Waals surface area contributed by atoms with Crippen LogP contribution in [0, 0.1) is 0 Å². The summed E-state index contributed by atoms with van der Waals surface area (Å²) in [7, 11) is 0. The summed E-state index contributed by atoms with van der Waals surface area (Å²) >= 11 is 7.64. The van der Waals surface area contributed by atoms with Crippen LogP contribution in [0.3, 0.4) is 0 Å². The van der Waals surface area contributed by atoms with Crippen molar-refractivity contribution in [3.8, 4) is 11.5 Å². The zero-order valence-electron chi connectivity index (χ0n) is 12.9. The number of nitrogens with zero attached hydrogens (tertiary/aromatic N) is 4. The maximum absolute atomic E-state index is 6.15. The number of aromatic amines is 1. The van der Waals surface area contributed by atoms with E-state index in [1.54, 1.807) is 6.07 Å². The van der Waals surface area contributed by atoms with Gasteiger partial charge in [-0.15, -0.1) is 5.10 Å². The van der Waals surface area contributed by atoms with E-state index < -0.39 is 0 Å². The summed E-state index contributed by atoms with van der Waals surface area (Å²) in [5, 5.41) is 12.7. The number of nitrogens with one attached hydrogen (secondary N) is 1. The third-order valence-corrected chi connectivity index (χ3v) is 5.30. The minimum Gasteiger partial charge on any atom is -0.334 e. The minimum absolute atomic E-state index is 0.429. The fourth-order valence-corrected chi connectivity index (χ4v) is 3.76. The van der Waals surface area contributed by atoms with Gasteiger partial charge < -0.3 is 4.52 Å². The fraction of sp³-hybridized carbons (Fsp3) is 0.375. The molecule has 1 aliphatic carbocycles. The molecule has 0 bridgehead atoms. The highest BCUT2D eigenvalue weighted by Gasteiger charge is 2.21. The molecule has 0 aliphatic heterocycles. The smallest absolute Gasteiger partial charge is 0.259 e. The number of benzene rings is 1. The third-order valence-electron chi connectivity index (χ3n) is 4.13. The van der Waals surface area contributed by atoms with Crippen molar-refractivity contribution < 1.29 is 4.52 Å². The summed E-state index contributed by atoms with van der Waals surface area (Å²) in [5.74, 6) is 3.11. The second kappa shape index (κ2) is 6.94. The molecule has 2 aromatic heterocycles. The van der Waals surface area contributed by atoms with Gasteiger partial charge in [0.2, 0.25) is 5.16 Å². The molecule has 0 saturated heterocycles. The highest BCUT2D eigenvalue weighted by Crippen LogP contribution is 2.33. The van der Waals surface area contributed by atoms with Crippen molar-refractivity contribution in [3.05, 3.63) is 40.9 Å². The average molecular weight is 362 g/mol. The van der Waals surface area contributed by atoms with Gasteiger partial charge in [0.15, 0.2) is 5.82 Å². The first-order chi connectivity index (χ1) is 11.8. The van der Waals surface area contributed by atoms with E-state index in [9.17, 15) is 0 Å². The molecule has 6 nitrogen and oxygen atoms in total. The van der Waals surface area contributed by atoms with Gasteiger partial charge in [0.1, 0.15) is 5.82 Å². The summed E-state index contributed by atoms with van der Waals surface area (Å²) in [5.41, 5.74) is 0.740. The Hall–Kier alpha value is -1.86. The van der Waals surface area contributed by atoms with Crippen molar-refractivity contribution in [2.75, 3.05) is 0 Å². The second-order valence-electron chi connectivity index (χ2n) is 5.77. The van der Waals surface area contributed by atoms with Gasteiger partial charge in [-0.1, -0.05) is 53.5 Å². The molecule has 1 fully saturated rings.